The number of piperidine rings is 1. The highest BCUT2D eigenvalue weighted by Crippen LogP contribution is 2.16. The molecule has 1 fully saturated rings. The summed E-state index contributed by atoms with van der Waals surface area (Å²) in [5, 5.41) is 8.63. The third-order valence-corrected chi connectivity index (χ3v) is 2.34. The molecular weight excluding hydrogens is 145 g/mol. The summed E-state index contributed by atoms with van der Waals surface area (Å²) in [5.74, 6) is 0.282. The van der Waals surface area contributed by atoms with Crippen LogP contribution in [0, 0.1) is 5.92 Å². The van der Waals surface area contributed by atoms with Gasteiger partial charge in [-0.3, -0.25) is 4.39 Å². The lowest BCUT2D eigenvalue weighted by molar-refractivity contribution is 0.137. The molecule has 0 amide bonds. The number of alkyl halides is 1. The Hall–Kier alpha value is -0.150. The molecule has 11 heavy (non-hydrogen) atoms. The first kappa shape index (κ1) is 8.94. The van der Waals surface area contributed by atoms with Gasteiger partial charge in [-0.15, -0.1) is 0 Å². The van der Waals surface area contributed by atoms with E-state index < -0.39 is 0 Å². The summed E-state index contributed by atoms with van der Waals surface area (Å²) in [6, 6.07) is 0. The van der Waals surface area contributed by atoms with Crippen LogP contribution in [0.15, 0.2) is 0 Å². The molecule has 1 aliphatic rings. The van der Waals surface area contributed by atoms with E-state index in [4.69, 9.17) is 5.11 Å². The number of hydrogen-bond acceptors (Lipinski definition) is 2. The first-order chi connectivity index (χ1) is 5.36. The van der Waals surface area contributed by atoms with E-state index in [-0.39, 0.29) is 19.2 Å². The van der Waals surface area contributed by atoms with E-state index in [0.717, 1.165) is 32.5 Å². The molecule has 0 aliphatic carbocycles. The van der Waals surface area contributed by atoms with Gasteiger partial charge in [0.25, 0.3) is 0 Å². The predicted octanol–water partition coefficient (Wildman–Crippen LogP) is 0.660. The minimum Gasteiger partial charge on any atom is -0.395 e. The second-order valence-corrected chi connectivity index (χ2v) is 3.16. The fraction of sp³-hybridized carbons (Fsp3) is 1.00. The van der Waals surface area contributed by atoms with Gasteiger partial charge in [0.2, 0.25) is 0 Å². The molecule has 0 radical (unpaired) electrons. The van der Waals surface area contributed by atoms with Crippen molar-refractivity contribution in [3.8, 4) is 0 Å². The van der Waals surface area contributed by atoms with Gasteiger partial charge in [-0.1, -0.05) is 0 Å². The summed E-state index contributed by atoms with van der Waals surface area (Å²) in [4.78, 5) is 2.19. The summed E-state index contributed by atoms with van der Waals surface area (Å²) in [6.45, 7) is 2.70. The summed E-state index contributed by atoms with van der Waals surface area (Å²) in [7, 11) is 0. The molecule has 3 heteroatoms. The van der Waals surface area contributed by atoms with Gasteiger partial charge >= 0.3 is 0 Å². The van der Waals surface area contributed by atoms with Gasteiger partial charge in [0.1, 0.15) is 0 Å². The number of rotatable bonds is 3. The van der Waals surface area contributed by atoms with E-state index >= 15 is 0 Å². The first-order valence-electron chi connectivity index (χ1n) is 4.26. The van der Waals surface area contributed by atoms with Gasteiger partial charge in [-0.25, -0.2) is 0 Å². The Kier molecular flexibility index (Phi) is 3.80. The van der Waals surface area contributed by atoms with E-state index in [1.54, 1.807) is 0 Å². The van der Waals surface area contributed by atoms with E-state index in [2.05, 4.69) is 4.90 Å². The Morgan fingerprint density at radius 2 is 2.00 bits per heavy atom. The van der Waals surface area contributed by atoms with Crippen LogP contribution in [0.2, 0.25) is 0 Å². The van der Waals surface area contributed by atoms with Gasteiger partial charge in [0.15, 0.2) is 0 Å². The van der Waals surface area contributed by atoms with Crippen LogP contribution in [0.5, 0.6) is 0 Å². The van der Waals surface area contributed by atoms with Gasteiger partial charge in [0, 0.05) is 6.54 Å². The molecule has 1 saturated heterocycles. The first-order valence-corrected chi connectivity index (χ1v) is 4.26. The van der Waals surface area contributed by atoms with Crippen molar-refractivity contribution in [1.82, 2.24) is 4.90 Å². The van der Waals surface area contributed by atoms with Crippen LogP contribution in [-0.4, -0.2) is 42.9 Å². The van der Waals surface area contributed by atoms with Crippen molar-refractivity contribution in [2.75, 3.05) is 32.9 Å². The van der Waals surface area contributed by atoms with E-state index in [1.165, 1.54) is 0 Å². The minimum atomic E-state index is -0.174. The maximum atomic E-state index is 12.1. The highest BCUT2D eigenvalue weighted by molar-refractivity contribution is 4.71. The summed E-state index contributed by atoms with van der Waals surface area (Å²) >= 11 is 0. The molecule has 0 aromatic heterocycles. The zero-order valence-corrected chi connectivity index (χ0v) is 6.80. The zero-order chi connectivity index (χ0) is 8.10. The van der Waals surface area contributed by atoms with Crippen molar-refractivity contribution < 1.29 is 9.50 Å². The maximum Gasteiger partial charge on any atom is 0.0923 e. The van der Waals surface area contributed by atoms with Gasteiger partial charge in [-0.05, 0) is 31.8 Å². The molecule has 2 nitrogen and oxygen atoms in total. The summed E-state index contributed by atoms with van der Waals surface area (Å²) in [5.41, 5.74) is 0. The Morgan fingerprint density at radius 1 is 1.36 bits per heavy atom. The third-order valence-electron chi connectivity index (χ3n) is 2.34. The van der Waals surface area contributed by atoms with Crippen molar-refractivity contribution in [3.05, 3.63) is 0 Å². The molecule has 0 unspecified atom stereocenters. The molecule has 0 aromatic carbocycles. The highest BCUT2D eigenvalue weighted by atomic mass is 19.1. The topological polar surface area (TPSA) is 23.5 Å². The van der Waals surface area contributed by atoms with Crippen molar-refractivity contribution in [2.24, 2.45) is 5.92 Å². The summed E-state index contributed by atoms with van der Waals surface area (Å²) in [6.07, 6.45) is 1.91. The number of aliphatic hydroxyl groups excluding tert-OH is 1. The molecule has 1 aliphatic heterocycles. The zero-order valence-electron chi connectivity index (χ0n) is 6.80. The van der Waals surface area contributed by atoms with Crippen molar-refractivity contribution in [2.45, 2.75) is 12.8 Å². The molecular formula is C8H16FNO. The van der Waals surface area contributed by atoms with Gasteiger partial charge in [0.05, 0.1) is 13.3 Å². The Bertz CT molecular complexity index is 102. The quantitative estimate of drug-likeness (QED) is 0.657. The average Bonchev–Trinajstić information content (AvgIpc) is 2.07. The Labute approximate surface area is 67.0 Å². The Balaban J connectivity index is 2.14. The van der Waals surface area contributed by atoms with Gasteiger partial charge < -0.3 is 10.0 Å². The van der Waals surface area contributed by atoms with Gasteiger partial charge in [-0.2, -0.15) is 0 Å². The van der Waals surface area contributed by atoms with Crippen LogP contribution in [-0.2, 0) is 0 Å². The lowest BCUT2D eigenvalue weighted by Gasteiger charge is -2.29. The molecule has 66 valence electrons. The normalized spacial score (nSPS) is 22.4. The largest absolute Gasteiger partial charge is 0.395 e. The minimum absolute atomic E-state index is 0.174. The van der Waals surface area contributed by atoms with E-state index in [9.17, 15) is 4.39 Å². The molecule has 1 N–H and O–H groups in total. The standard InChI is InChI=1S/C8H16FNO/c9-7-8-1-3-10(4-2-8)5-6-11/h8,11H,1-7H2. The van der Waals surface area contributed by atoms with Crippen molar-refractivity contribution >= 4 is 0 Å². The van der Waals surface area contributed by atoms with E-state index in [1.807, 2.05) is 0 Å². The van der Waals surface area contributed by atoms with Crippen LogP contribution in [0.1, 0.15) is 12.8 Å². The number of aliphatic hydroxyl groups is 1. The fourth-order valence-corrected chi connectivity index (χ4v) is 1.51. The van der Waals surface area contributed by atoms with Crippen molar-refractivity contribution in [3.63, 3.8) is 0 Å². The van der Waals surface area contributed by atoms with Crippen molar-refractivity contribution in [1.29, 1.82) is 0 Å². The molecule has 0 bridgehead atoms. The third kappa shape index (κ3) is 2.75. The molecule has 0 atom stereocenters. The fourth-order valence-electron chi connectivity index (χ4n) is 1.51. The van der Waals surface area contributed by atoms with Crippen LogP contribution < -0.4 is 0 Å². The predicted molar refractivity (Wildman–Crippen MR) is 42.2 cm³/mol. The van der Waals surface area contributed by atoms with Crippen LogP contribution in [0.3, 0.4) is 0 Å². The summed E-state index contributed by atoms with van der Waals surface area (Å²) < 4.78 is 12.1. The number of likely N-dealkylation sites (tertiary alicyclic amines) is 1. The van der Waals surface area contributed by atoms with E-state index in [0.29, 0.717) is 0 Å². The second kappa shape index (κ2) is 4.67. The Morgan fingerprint density at radius 3 is 2.45 bits per heavy atom. The maximum absolute atomic E-state index is 12.1. The molecule has 1 heterocycles. The smallest absolute Gasteiger partial charge is 0.0923 e. The monoisotopic (exact) mass is 161 g/mol. The molecule has 0 saturated carbocycles. The molecule has 1 rings (SSSR count). The lowest BCUT2D eigenvalue weighted by atomic mass is 9.98. The number of β-amino-alcohol motifs (C(OH)–C–C–N with tert-alkyl or cyclic N) is 1. The number of halogens is 1. The molecule has 0 aromatic rings. The second-order valence-electron chi connectivity index (χ2n) is 3.16. The van der Waals surface area contributed by atoms with Crippen LogP contribution >= 0.6 is 0 Å². The SMILES string of the molecule is OCCN1CCC(CF)CC1. The molecule has 0 spiro atoms. The lowest BCUT2D eigenvalue weighted by Crippen LogP contribution is -2.36. The number of hydrogen-bond donors (Lipinski definition) is 1. The number of nitrogens with zero attached hydrogens (tertiary/aromatic N) is 1. The van der Waals surface area contributed by atoms with Crippen LogP contribution in [0.25, 0.3) is 0 Å². The highest BCUT2D eigenvalue weighted by Gasteiger charge is 2.17. The van der Waals surface area contributed by atoms with Crippen LogP contribution in [0.4, 0.5) is 4.39 Å². The average molecular weight is 161 g/mol.